The molecule has 0 aliphatic carbocycles. The summed E-state index contributed by atoms with van der Waals surface area (Å²) in [6.07, 6.45) is 1.78. The van der Waals surface area contributed by atoms with Crippen molar-refractivity contribution in [3.63, 3.8) is 0 Å². The van der Waals surface area contributed by atoms with Gasteiger partial charge in [0, 0.05) is 5.92 Å². The Morgan fingerprint density at radius 1 is 1.50 bits per heavy atom. The lowest BCUT2D eigenvalue weighted by atomic mass is 9.96. The molecule has 1 unspecified atom stereocenters. The second-order valence-corrected chi connectivity index (χ2v) is 3.75. The normalized spacial score (nSPS) is 14.4. The predicted octanol–water partition coefficient (Wildman–Crippen LogP) is 3.37. The van der Waals surface area contributed by atoms with Crippen molar-refractivity contribution in [1.29, 1.82) is 0 Å². The van der Waals surface area contributed by atoms with Crippen LogP contribution in [0.3, 0.4) is 0 Å². The van der Waals surface area contributed by atoms with E-state index in [0.717, 1.165) is 6.42 Å². The van der Waals surface area contributed by atoms with Gasteiger partial charge in [0.15, 0.2) is 0 Å². The van der Waals surface area contributed by atoms with Crippen LogP contribution in [0.5, 0.6) is 0 Å². The lowest BCUT2D eigenvalue weighted by Crippen LogP contribution is -2.28. The highest BCUT2D eigenvalue weighted by atomic mass is 79.9. The molecule has 0 aromatic carbocycles. The van der Waals surface area contributed by atoms with Crippen LogP contribution in [0, 0.1) is 5.92 Å². The lowest BCUT2D eigenvalue weighted by molar-refractivity contribution is -0.136. The van der Waals surface area contributed by atoms with Gasteiger partial charge in [0.2, 0.25) is 5.78 Å². The maximum absolute atomic E-state index is 12.4. The number of rotatable bonds is 5. The number of Topliss-reactive ketones (excluding diaryl/α,β-unsaturated/α-hetero) is 1. The molecule has 0 spiro atoms. The molecule has 0 aliphatic heterocycles. The zero-order valence-corrected chi connectivity index (χ0v) is 8.83. The van der Waals surface area contributed by atoms with E-state index in [4.69, 9.17) is 0 Å². The maximum Gasteiger partial charge on any atom is 0.358 e. The second-order valence-electron chi connectivity index (χ2n) is 2.76. The topological polar surface area (TPSA) is 17.1 Å². The Hall–Kier alpha value is 0.01000. The van der Waals surface area contributed by atoms with Crippen LogP contribution in [0.2, 0.25) is 0 Å². The Balaban J connectivity index is 4.22. The van der Waals surface area contributed by atoms with Crippen LogP contribution in [0.15, 0.2) is 0 Å². The monoisotopic (exact) mass is 242 g/mol. The van der Waals surface area contributed by atoms with Crippen molar-refractivity contribution in [3.8, 4) is 0 Å². The molecule has 0 N–H and O–H groups in total. The summed E-state index contributed by atoms with van der Waals surface area (Å²) in [5.41, 5.74) is 0. The van der Waals surface area contributed by atoms with Crippen LogP contribution in [0.1, 0.15) is 33.1 Å². The summed E-state index contributed by atoms with van der Waals surface area (Å²) < 4.78 is 24.9. The van der Waals surface area contributed by atoms with Gasteiger partial charge in [-0.25, -0.2) is 0 Å². The molecule has 0 heterocycles. The first-order valence-electron chi connectivity index (χ1n) is 4.04. The number of hydrogen-bond acceptors (Lipinski definition) is 1. The minimum absolute atomic E-state index is 0.480. The van der Waals surface area contributed by atoms with Gasteiger partial charge >= 0.3 is 4.83 Å². The number of carbonyl (C=O) groups excluding carboxylic acids is 1. The molecule has 0 saturated carbocycles. The van der Waals surface area contributed by atoms with Gasteiger partial charge in [-0.15, -0.1) is 0 Å². The average Bonchev–Trinajstić information content (AvgIpc) is 1.97. The van der Waals surface area contributed by atoms with E-state index >= 15 is 0 Å². The Morgan fingerprint density at radius 3 is 2.25 bits per heavy atom. The van der Waals surface area contributed by atoms with Crippen molar-refractivity contribution in [2.45, 2.75) is 37.9 Å². The van der Waals surface area contributed by atoms with E-state index in [1.807, 2.05) is 6.92 Å². The quantitative estimate of drug-likeness (QED) is 0.676. The molecule has 0 radical (unpaired) electrons. The standard InChI is InChI=1S/C8H13BrF2O/c1-3-5-6(4-2)7(12)8(9,10)11/h6H,3-5H2,1-2H3. The van der Waals surface area contributed by atoms with Crippen molar-refractivity contribution in [1.82, 2.24) is 0 Å². The molecule has 0 bridgehead atoms. The van der Waals surface area contributed by atoms with Crippen LogP contribution < -0.4 is 0 Å². The summed E-state index contributed by atoms with van der Waals surface area (Å²) in [5.74, 6) is -1.50. The fraction of sp³-hybridized carbons (Fsp3) is 0.875. The first kappa shape index (κ1) is 12.0. The Labute approximate surface area is 79.7 Å². The molecule has 0 saturated heterocycles. The predicted molar refractivity (Wildman–Crippen MR) is 47.6 cm³/mol. The molecule has 1 nitrogen and oxygen atoms in total. The number of hydrogen-bond donors (Lipinski definition) is 0. The van der Waals surface area contributed by atoms with Crippen LogP contribution in [-0.4, -0.2) is 10.6 Å². The van der Waals surface area contributed by atoms with E-state index < -0.39 is 16.5 Å². The first-order chi connectivity index (χ1) is 5.43. The fourth-order valence-electron chi connectivity index (χ4n) is 1.10. The molecule has 0 aromatic heterocycles. The molecule has 0 fully saturated rings. The minimum atomic E-state index is -3.34. The highest BCUT2D eigenvalue weighted by Gasteiger charge is 2.38. The van der Waals surface area contributed by atoms with E-state index in [0.29, 0.717) is 12.8 Å². The van der Waals surface area contributed by atoms with Crippen molar-refractivity contribution in [3.05, 3.63) is 0 Å². The third-order valence-electron chi connectivity index (χ3n) is 1.78. The van der Waals surface area contributed by atoms with Crippen LogP contribution in [0.25, 0.3) is 0 Å². The molecule has 0 aromatic rings. The van der Waals surface area contributed by atoms with Gasteiger partial charge in [0.05, 0.1) is 0 Å². The third-order valence-corrected chi connectivity index (χ3v) is 2.17. The van der Waals surface area contributed by atoms with E-state index in [9.17, 15) is 13.6 Å². The van der Waals surface area contributed by atoms with E-state index in [1.165, 1.54) is 0 Å². The number of carbonyl (C=O) groups is 1. The van der Waals surface area contributed by atoms with Crippen molar-refractivity contribution < 1.29 is 13.6 Å². The van der Waals surface area contributed by atoms with Crippen molar-refractivity contribution >= 4 is 21.7 Å². The molecular weight excluding hydrogens is 230 g/mol. The SMILES string of the molecule is CCCC(CC)C(=O)C(F)(F)Br. The Kier molecular flexibility index (Phi) is 4.90. The Morgan fingerprint density at radius 2 is 2.00 bits per heavy atom. The summed E-state index contributed by atoms with van der Waals surface area (Å²) in [6, 6.07) is 0. The second kappa shape index (κ2) is 4.90. The van der Waals surface area contributed by atoms with Crippen LogP contribution in [-0.2, 0) is 4.79 Å². The first-order valence-corrected chi connectivity index (χ1v) is 4.83. The number of alkyl halides is 3. The van der Waals surface area contributed by atoms with Crippen molar-refractivity contribution in [2.24, 2.45) is 5.92 Å². The summed E-state index contributed by atoms with van der Waals surface area (Å²) >= 11 is 2.07. The van der Waals surface area contributed by atoms with Gasteiger partial charge in [-0.05, 0) is 28.8 Å². The van der Waals surface area contributed by atoms with Gasteiger partial charge in [-0.1, -0.05) is 20.3 Å². The van der Waals surface area contributed by atoms with Gasteiger partial charge in [-0.2, -0.15) is 8.78 Å². The fourth-order valence-corrected chi connectivity index (χ4v) is 1.42. The van der Waals surface area contributed by atoms with Gasteiger partial charge in [-0.3, -0.25) is 4.79 Å². The highest BCUT2D eigenvalue weighted by molar-refractivity contribution is 9.10. The molecule has 0 amide bonds. The third kappa shape index (κ3) is 3.61. The lowest BCUT2D eigenvalue weighted by Gasteiger charge is -2.15. The zero-order valence-electron chi connectivity index (χ0n) is 7.24. The molecule has 0 aliphatic rings. The molecule has 1 atom stereocenters. The highest BCUT2D eigenvalue weighted by Crippen LogP contribution is 2.29. The molecule has 4 heteroatoms. The van der Waals surface area contributed by atoms with Gasteiger partial charge in [0.25, 0.3) is 0 Å². The van der Waals surface area contributed by atoms with E-state index in [-0.39, 0.29) is 0 Å². The van der Waals surface area contributed by atoms with Crippen LogP contribution >= 0.6 is 15.9 Å². The largest absolute Gasteiger partial charge is 0.358 e. The zero-order chi connectivity index (χ0) is 9.78. The van der Waals surface area contributed by atoms with E-state index in [1.54, 1.807) is 6.92 Å². The molecule has 72 valence electrons. The summed E-state index contributed by atoms with van der Waals surface area (Å²) in [4.78, 5) is 7.64. The maximum atomic E-state index is 12.4. The minimum Gasteiger partial charge on any atom is -0.292 e. The summed E-state index contributed by atoms with van der Waals surface area (Å²) in [6.45, 7) is 3.62. The smallest absolute Gasteiger partial charge is 0.292 e. The molecule has 0 rings (SSSR count). The number of halogens is 3. The summed E-state index contributed by atoms with van der Waals surface area (Å²) in [7, 11) is 0. The average molecular weight is 243 g/mol. The Bertz CT molecular complexity index is 154. The van der Waals surface area contributed by atoms with Crippen LogP contribution in [0.4, 0.5) is 8.78 Å². The van der Waals surface area contributed by atoms with Gasteiger partial charge < -0.3 is 0 Å². The summed E-state index contributed by atoms with van der Waals surface area (Å²) in [5, 5.41) is 0. The molecule has 12 heavy (non-hydrogen) atoms. The van der Waals surface area contributed by atoms with E-state index in [2.05, 4.69) is 15.9 Å². The number of ketones is 1. The molecular formula is C8H13BrF2O. The van der Waals surface area contributed by atoms with Gasteiger partial charge in [0.1, 0.15) is 0 Å². The van der Waals surface area contributed by atoms with Crippen molar-refractivity contribution in [2.75, 3.05) is 0 Å².